The zero-order valence-corrected chi connectivity index (χ0v) is 17.6. The molecule has 0 bridgehead atoms. The summed E-state index contributed by atoms with van der Waals surface area (Å²) in [5.41, 5.74) is 4.02. The maximum absolute atomic E-state index is 13.3. The van der Waals surface area contributed by atoms with Crippen molar-refractivity contribution in [1.29, 1.82) is 5.26 Å². The lowest BCUT2D eigenvalue weighted by Gasteiger charge is -2.10. The van der Waals surface area contributed by atoms with Gasteiger partial charge in [-0.25, -0.2) is 0 Å². The Morgan fingerprint density at radius 2 is 1.83 bits per heavy atom. The van der Waals surface area contributed by atoms with Crippen molar-refractivity contribution in [3.05, 3.63) is 81.7 Å². The van der Waals surface area contributed by atoms with Crippen molar-refractivity contribution in [1.82, 2.24) is 0 Å². The van der Waals surface area contributed by atoms with Crippen LogP contribution in [0.1, 0.15) is 40.0 Å². The number of hydrogen-bond donors (Lipinski definition) is 1. The van der Waals surface area contributed by atoms with Crippen molar-refractivity contribution in [2.24, 2.45) is 0 Å². The minimum absolute atomic E-state index is 0.216. The lowest BCUT2D eigenvalue weighted by atomic mass is 9.96. The van der Waals surface area contributed by atoms with Crippen LogP contribution in [0, 0.1) is 11.3 Å². The summed E-state index contributed by atoms with van der Waals surface area (Å²) in [6.07, 6.45) is 6.00. The molecule has 0 saturated carbocycles. The molecule has 0 fully saturated rings. The fourth-order valence-corrected chi connectivity index (χ4v) is 4.94. The van der Waals surface area contributed by atoms with Gasteiger partial charge in [0.25, 0.3) is 5.91 Å². The van der Waals surface area contributed by atoms with Crippen LogP contribution >= 0.6 is 11.3 Å². The highest BCUT2D eigenvalue weighted by atomic mass is 32.1. The molecule has 1 aliphatic rings. The van der Waals surface area contributed by atoms with E-state index < -0.39 is 0 Å². The summed E-state index contributed by atoms with van der Waals surface area (Å²) >= 11 is 1.54. The Morgan fingerprint density at radius 1 is 1.10 bits per heavy atom. The van der Waals surface area contributed by atoms with E-state index in [1.54, 1.807) is 18.4 Å². The summed E-state index contributed by atoms with van der Waals surface area (Å²) in [6, 6.07) is 19.5. The minimum Gasteiger partial charge on any atom is -0.497 e. The number of thiophene rings is 1. The first-order valence-corrected chi connectivity index (χ1v) is 10.8. The fourth-order valence-electron chi connectivity index (χ4n) is 3.71. The maximum atomic E-state index is 13.3. The Hall–Kier alpha value is -3.36. The second kappa shape index (κ2) is 8.98. The second-order valence-corrected chi connectivity index (χ2v) is 8.28. The van der Waals surface area contributed by atoms with E-state index in [1.807, 2.05) is 60.7 Å². The van der Waals surface area contributed by atoms with E-state index in [9.17, 15) is 10.1 Å². The predicted octanol–water partition coefficient (Wildman–Crippen LogP) is 5.69. The number of hydrogen-bond acceptors (Lipinski definition) is 4. The van der Waals surface area contributed by atoms with E-state index in [0.717, 1.165) is 48.1 Å². The Labute approximate surface area is 180 Å². The van der Waals surface area contributed by atoms with E-state index in [0.29, 0.717) is 16.1 Å². The third-order valence-electron chi connectivity index (χ3n) is 5.27. The first-order valence-electron chi connectivity index (χ1n) is 9.96. The number of benzene rings is 2. The molecule has 0 saturated heterocycles. The van der Waals surface area contributed by atoms with E-state index in [4.69, 9.17) is 4.74 Å². The molecule has 0 atom stereocenters. The van der Waals surface area contributed by atoms with Crippen molar-refractivity contribution >= 4 is 33.9 Å². The number of carbonyl (C=O) groups is 1. The number of methoxy groups -OCH3 is 1. The topological polar surface area (TPSA) is 62.1 Å². The third kappa shape index (κ3) is 4.14. The first-order chi connectivity index (χ1) is 14.7. The van der Waals surface area contributed by atoms with Crippen LogP contribution in [0.3, 0.4) is 0 Å². The van der Waals surface area contributed by atoms with Crippen LogP contribution in [-0.4, -0.2) is 13.0 Å². The SMILES string of the molecule is COc1ccc(/C=C(/C(=O)Nc2sc3c(c2C#N)CCCC3)c2ccccc2)cc1. The van der Waals surface area contributed by atoms with Gasteiger partial charge in [-0.2, -0.15) is 5.26 Å². The summed E-state index contributed by atoms with van der Waals surface area (Å²) < 4.78 is 5.22. The Morgan fingerprint density at radius 3 is 2.53 bits per heavy atom. The van der Waals surface area contributed by atoms with Gasteiger partial charge in [-0.3, -0.25) is 4.79 Å². The molecule has 1 amide bonds. The minimum atomic E-state index is -0.216. The molecule has 4 nitrogen and oxygen atoms in total. The molecule has 4 rings (SSSR count). The highest BCUT2D eigenvalue weighted by molar-refractivity contribution is 7.16. The van der Waals surface area contributed by atoms with Gasteiger partial charge < -0.3 is 10.1 Å². The molecular weight excluding hydrogens is 392 g/mol. The van der Waals surface area contributed by atoms with Gasteiger partial charge in [0.2, 0.25) is 0 Å². The quantitative estimate of drug-likeness (QED) is 0.431. The van der Waals surface area contributed by atoms with E-state index >= 15 is 0 Å². The molecule has 3 aromatic rings. The molecule has 2 aromatic carbocycles. The average molecular weight is 415 g/mol. The molecule has 30 heavy (non-hydrogen) atoms. The smallest absolute Gasteiger partial charge is 0.256 e. The number of nitrogens with one attached hydrogen (secondary N) is 1. The molecule has 150 valence electrons. The van der Waals surface area contributed by atoms with Crippen LogP contribution < -0.4 is 10.1 Å². The van der Waals surface area contributed by atoms with Crippen LogP contribution in [0.5, 0.6) is 5.75 Å². The summed E-state index contributed by atoms with van der Waals surface area (Å²) in [7, 11) is 1.63. The summed E-state index contributed by atoms with van der Waals surface area (Å²) in [5, 5.41) is 13.4. The Balaban J connectivity index is 1.69. The fraction of sp³-hybridized carbons (Fsp3) is 0.200. The second-order valence-electron chi connectivity index (χ2n) is 7.18. The lowest BCUT2D eigenvalue weighted by Crippen LogP contribution is -2.13. The zero-order valence-electron chi connectivity index (χ0n) is 16.8. The number of carbonyl (C=O) groups excluding carboxylic acids is 1. The lowest BCUT2D eigenvalue weighted by molar-refractivity contribution is -0.111. The normalized spacial score (nSPS) is 13.3. The predicted molar refractivity (Wildman–Crippen MR) is 122 cm³/mol. The van der Waals surface area contributed by atoms with Gasteiger partial charge in [0.1, 0.15) is 16.8 Å². The van der Waals surface area contributed by atoms with Crippen molar-refractivity contribution in [3.8, 4) is 11.8 Å². The van der Waals surface area contributed by atoms with Crippen LogP contribution in [0.25, 0.3) is 11.6 Å². The maximum Gasteiger partial charge on any atom is 0.256 e. The van der Waals surface area contributed by atoms with Gasteiger partial charge in [0, 0.05) is 10.5 Å². The van der Waals surface area contributed by atoms with Crippen LogP contribution in [0.15, 0.2) is 54.6 Å². The first kappa shape index (κ1) is 19.9. The summed E-state index contributed by atoms with van der Waals surface area (Å²) in [4.78, 5) is 14.5. The van der Waals surface area contributed by atoms with E-state index in [-0.39, 0.29) is 5.91 Å². The number of aryl methyl sites for hydroxylation is 1. The number of nitrogens with zero attached hydrogens (tertiary/aromatic N) is 1. The molecule has 0 unspecified atom stereocenters. The van der Waals surface area contributed by atoms with Gasteiger partial charge in [-0.15, -0.1) is 11.3 Å². The number of rotatable bonds is 5. The van der Waals surface area contributed by atoms with Crippen molar-refractivity contribution in [2.75, 3.05) is 12.4 Å². The van der Waals surface area contributed by atoms with Gasteiger partial charge in [-0.1, -0.05) is 42.5 Å². The molecular formula is C25H22N2O2S. The van der Waals surface area contributed by atoms with E-state index in [1.165, 1.54) is 4.88 Å². The number of ether oxygens (including phenoxy) is 1. The monoisotopic (exact) mass is 414 g/mol. The molecule has 5 heteroatoms. The Kier molecular flexibility index (Phi) is 5.97. The number of anilines is 1. The number of amides is 1. The third-order valence-corrected chi connectivity index (χ3v) is 6.47. The largest absolute Gasteiger partial charge is 0.497 e. The van der Waals surface area contributed by atoms with Gasteiger partial charge >= 0.3 is 0 Å². The molecule has 1 N–H and O–H groups in total. The summed E-state index contributed by atoms with van der Waals surface area (Å²) in [6.45, 7) is 0. The molecule has 1 aromatic heterocycles. The van der Waals surface area contributed by atoms with Crippen LogP contribution in [0.4, 0.5) is 5.00 Å². The van der Waals surface area contributed by atoms with E-state index in [2.05, 4.69) is 11.4 Å². The summed E-state index contributed by atoms with van der Waals surface area (Å²) in [5.74, 6) is 0.549. The van der Waals surface area contributed by atoms with Crippen LogP contribution in [-0.2, 0) is 17.6 Å². The Bertz CT molecular complexity index is 1120. The number of fused-ring (bicyclic) bond motifs is 1. The highest BCUT2D eigenvalue weighted by Crippen LogP contribution is 2.38. The molecule has 1 aliphatic carbocycles. The zero-order chi connectivity index (χ0) is 20.9. The van der Waals surface area contributed by atoms with Crippen molar-refractivity contribution in [3.63, 3.8) is 0 Å². The standard InChI is InChI=1S/C25H22N2O2S/c1-29-19-13-11-17(12-14-19)15-21(18-7-3-2-4-8-18)24(28)27-25-22(16-26)20-9-5-6-10-23(20)30-25/h2-4,7-8,11-15H,5-6,9-10H2,1H3,(H,27,28)/b21-15+. The average Bonchev–Trinajstić information content (AvgIpc) is 3.15. The van der Waals surface area contributed by atoms with Gasteiger partial charge in [0.05, 0.1) is 12.7 Å². The number of nitriles is 1. The van der Waals surface area contributed by atoms with Crippen LogP contribution in [0.2, 0.25) is 0 Å². The molecule has 0 aliphatic heterocycles. The molecule has 1 heterocycles. The van der Waals surface area contributed by atoms with Gasteiger partial charge in [0.15, 0.2) is 0 Å². The molecule has 0 spiro atoms. The van der Waals surface area contributed by atoms with Crippen molar-refractivity contribution in [2.45, 2.75) is 25.7 Å². The molecule has 0 radical (unpaired) electrons. The van der Waals surface area contributed by atoms with Gasteiger partial charge in [-0.05, 0) is 60.6 Å². The van der Waals surface area contributed by atoms with Crippen molar-refractivity contribution < 1.29 is 9.53 Å². The highest BCUT2D eigenvalue weighted by Gasteiger charge is 2.23.